The van der Waals surface area contributed by atoms with E-state index in [9.17, 15) is 4.79 Å². The molecule has 0 aliphatic rings. The fourth-order valence-electron chi connectivity index (χ4n) is 2.80. The van der Waals surface area contributed by atoms with E-state index in [2.05, 4.69) is 22.3 Å². The van der Waals surface area contributed by atoms with Crippen LogP contribution >= 0.6 is 0 Å². The molecule has 124 valence electrons. The van der Waals surface area contributed by atoms with Gasteiger partial charge in [0.1, 0.15) is 0 Å². The smallest absolute Gasteiger partial charge is 0.233 e. The molecule has 1 N–H and O–H groups in total. The van der Waals surface area contributed by atoms with Gasteiger partial charge in [0, 0.05) is 24.0 Å². The SMILES string of the molecule is CCNc1cccc(-c2ccnc3c(C(=O)c4ccco4)cnn23)c1. The van der Waals surface area contributed by atoms with E-state index in [1.54, 1.807) is 22.8 Å². The molecule has 0 fully saturated rings. The van der Waals surface area contributed by atoms with Gasteiger partial charge in [-0.25, -0.2) is 9.50 Å². The summed E-state index contributed by atoms with van der Waals surface area (Å²) in [6.45, 7) is 2.90. The van der Waals surface area contributed by atoms with E-state index in [-0.39, 0.29) is 11.5 Å². The van der Waals surface area contributed by atoms with Crippen molar-refractivity contribution in [2.75, 3.05) is 11.9 Å². The van der Waals surface area contributed by atoms with Crippen molar-refractivity contribution in [3.63, 3.8) is 0 Å². The molecular weight excluding hydrogens is 316 g/mol. The lowest BCUT2D eigenvalue weighted by Crippen LogP contribution is -2.02. The van der Waals surface area contributed by atoms with E-state index >= 15 is 0 Å². The number of aromatic nitrogens is 3. The van der Waals surface area contributed by atoms with Crippen molar-refractivity contribution in [3.8, 4) is 11.3 Å². The van der Waals surface area contributed by atoms with Gasteiger partial charge >= 0.3 is 0 Å². The van der Waals surface area contributed by atoms with Gasteiger partial charge in [-0.3, -0.25) is 4.79 Å². The Balaban J connectivity index is 1.82. The molecule has 0 unspecified atom stereocenters. The highest BCUT2D eigenvalue weighted by Crippen LogP contribution is 2.24. The molecule has 0 saturated heterocycles. The largest absolute Gasteiger partial charge is 0.461 e. The molecule has 0 radical (unpaired) electrons. The number of benzene rings is 1. The quantitative estimate of drug-likeness (QED) is 0.565. The van der Waals surface area contributed by atoms with Gasteiger partial charge in [0.05, 0.1) is 23.7 Å². The Morgan fingerprint density at radius 2 is 2.16 bits per heavy atom. The number of ketones is 1. The molecule has 0 saturated carbocycles. The molecule has 0 atom stereocenters. The van der Waals surface area contributed by atoms with E-state index in [0.29, 0.717) is 11.2 Å². The topological polar surface area (TPSA) is 72.4 Å². The summed E-state index contributed by atoms with van der Waals surface area (Å²) in [5, 5.41) is 7.67. The minimum Gasteiger partial charge on any atom is -0.461 e. The Kier molecular flexibility index (Phi) is 3.78. The zero-order chi connectivity index (χ0) is 17.2. The molecule has 0 amide bonds. The number of anilines is 1. The van der Waals surface area contributed by atoms with Crippen LogP contribution < -0.4 is 5.32 Å². The molecule has 0 bridgehead atoms. The lowest BCUT2D eigenvalue weighted by atomic mass is 10.1. The second-order valence-corrected chi connectivity index (χ2v) is 5.54. The van der Waals surface area contributed by atoms with Crippen LogP contribution in [-0.4, -0.2) is 26.9 Å². The molecule has 6 heteroatoms. The van der Waals surface area contributed by atoms with Crippen molar-refractivity contribution in [1.29, 1.82) is 0 Å². The Morgan fingerprint density at radius 3 is 2.96 bits per heavy atom. The number of fused-ring (bicyclic) bond motifs is 1. The van der Waals surface area contributed by atoms with Crippen molar-refractivity contribution in [3.05, 3.63) is 72.4 Å². The minimum atomic E-state index is -0.231. The van der Waals surface area contributed by atoms with Gasteiger partial charge in [0.15, 0.2) is 11.4 Å². The predicted octanol–water partition coefficient (Wildman–Crippen LogP) is 3.65. The normalized spacial score (nSPS) is 10.9. The van der Waals surface area contributed by atoms with Crippen LogP contribution in [0.5, 0.6) is 0 Å². The second kappa shape index (κ2) is 6.24. The molecule has 0 aliphatic heterocycles. The van der Waals surface area contributed by atoms with E-state index < -0.39 is 0 Å². The fraction of sp³-hybridized carbons (Fsp3) is 0.105. The molecule has 4 rings (SSSR count). The van der Waals surface area contributed by atoms with Crippen LogP contribution in [0.1, 0.15) is 23.0 Å². The number of nitrogens with zero attached hydrogens (tertiary/aromatic N) is 3. The first kappa shape index (κ1) is 15.1. The minimum absolute atomic E-state index is 0.231. The third-order valence-corrected chi connectivity index (χ3v) is 3.93. The Labute approximate surface area is 144 Å². The first-order valence-electron chi connectivity index (χ1n) is 8.03. The molecule has 0 spiro atoms. The predicted molar refractivity (Wildman–Crippen MR) is 94.7 cm³/mol. The van der Waals surface area contributed by atoms with Crippen molar-refractivity contribution in [2.45, 2.75) is 6.92 Å². The zero-order valence-electron chi connectivity index (χ0n) is 13.6. The molecule has 6 nitrogen and oxygen atoms in total. The molecule has 1 aromatic carbocycles. The monoisotopic (exact) mass is 332 g/mol. The van der Waals surface area contributed by atoms with Crippen molar-refractivity contribution >= 4 is 17.1 Å². The molecule has 25 heavy (non-hydrogen) atoms. The Hall–Kier alpha value is -3.41. The van der Waals surface area contributed by atoms with Gasteiger partial charge in [-0.2, -0.15) is 5.10 Å². The standard InChI is InChI=1S/C19H16N4O2/c1-2-20-14-6-3-5-13(11-14)16-8-9-21-19-15(12-22-23(16)19)18(24)17-7-4-10-25-17/h3-12,20H,2H2,1H3. The van der Waals surface area contributed by atoms with Crippen LogP contribution in [0.25, 0.3) is 16.9 Å². The van der Waals surface area contributed by atoms with E-state index in [0.717, 1.165) is 23.5 Å². The van der Waals surface area contributed by atoms with Crippen molar-refractivity contribution in [2.24, 2.45) is 0 Å². The van der Waals surface area contributed by atoms with Crippen LogP contribution in [-0.2, 0) is 0 Å². The first-order chi connectivity index (χ1) is 12.3. The lowest BCUT2D eigenvalue weighted by molar-refractivity contribution is 0.101. The number of hydrogen-bond donors (Lipinski definition) is 1. The fourth-order valence-corrected chi connectivity index (χ4v) is 2.80. The summed E-state index contributed by atoms with van der Waals surface area (Å²) in [6.07, 6.45) is 4.69. The maximum absolute atomic E-state index is 12.6. The van der Waals surface area contributed by atoms with E-state index in [4.69, 9.17) is 4.42 Å². The van der Waals surface area contributed by atoms with Crippen LogP contribution in [0.3, 0.4) is 0 Å². The number of rotatable bonds is 5. The van der Waals surface area contributed by atoms with Gasteiger partial charge in [0.2, 0.25) is 5.78 Å². The summed E-state index contributed by atoms with van der Waals surface area (Å²) in [6, 6.07) is 13.3. The van der Waals surface area contributed by atoms with E-state index in [1.165, 1.54) is 12.5 Å². The van der Waals surface area contributed by atoms with Gasteiger partial charge < -0.3 is 9.73 Å². The molecule has 4 aromatic rings. The van der Waals surface area contributed by atoms with Gasteiger partial charge in [-0.05, 0) is 37.3 Å². The molecular formula is C19H16N4O2. The summed E-state index contributed by atoms with van der Waals surface area (Å²) >= 11 is 0. The number of carbonyl (C=O) groups is 1. The number of nitrogens with one attached hydrogen (secondary N) is 1. The van der Waals surface area contributed by atoms with Crippen LogP contribution in [0.2, 0.25) is 0 Å². The second-order valence-electron chi connectivity index (χ2n) is 5.54. The molecule has 3 aromatic heterocycles. The maximum Gasteiger partial charge on any atom is 0.233 e. The van der Waals surface area contributed by atoms with Crippen LogP contribution in [0, 0.1) is 0 Å². The highest BCUT2D eigenvalue weighted by molar-refractivity contribution is 6.10. The van der Waals surface area contributed by atoms with Crippen LogP contribution in [0.4, 0.5) is 5.69 Å². The number of furan rings is 1. The van der Waals surface area contributed by atoms with Crippen molar-refractivity contribution in [1.82, 2.24) is 14.6 Å². The van der Waals surface area contributed by atoms with Gasteiger partial charge in [-0.1, -0.05) is 12.1 Å². The zero-order valence-corrected chi connectivity index (χ0v) is 13.6. The summed E-state index contributed by atoms with van der Waals surface area (Å²) in [7, 11) is 0. The number of carbonyl (C=O) groups excluding carboxylic acids is 1. The summed E-state index contributed by atoms with van der Waals surface area (Å²) in [5.74, 6) is 0.0438. The van der Waals surface area contributed by atoms with E-state index in [1.807, 2.05) is 30.3 Å². The highest BCUT2D eigenvalue weighted by atomic mass is 16.3. The molecule has 3 heterocycles. The first-order valence-corrected chi connectivity index (χ1v) is 8.03. The maximum atomic E-state index is 12.6. The van der Waals surface area contributed by atoms with Gasteiger partial charge in [0.25, 0.3) is 0 Å². The summed E-state index contributed by atoms with van der Waals surface area (Å²) < 4.78 is 6.88. The molecule has 0 aliphatic carbocycles. The Morgan fingerprint density at radius 1 is 1.24 bits per heavy atom. The summed E-state index contributed by atoms with van der Waals surface area (Å²) in [4.78, 5) is 16.9. The average molecular weight is 332 g/mol. The van der Waals surface area contributed by atoms with Gasteiger partial charge in [-0.15, -0.1) is 0 Å². The highest BCUT2D eigenvalue weighted by Gasteiger charge is 2.19. The van der Waals surface area contributed by atoms with Crippen LogP contribution in [0.15, 0.2) is 65.5 Å². The Bertz CT molecular complexity index is 1030. The third-order valence-electron chi connectivity index (χ3n) is 3.93. The number of hydrogen-bond acceptors (Lipinski definition) is 5. The lowest BCUT2D eigenvalue weighted by Gasteiger charge is -2.08. The van der Waals surface area contributed by atoms with Crippen molar-refractivity contribution < 1.29 is 9.21 Å². The summed E-state index contributed by atoms with van der Waals surface area (Å²) in [5.41, 5.74) is 3.81. The average Bonchev–Trinajstić information content (AvgIpc) is 3.31. The third kappa shape index (κ3) is 2.67.